The van der Waals surface area contributed by atoms with Crippen molar-refractivity contribution in [2.75, 3.05) is 0 Å². The summed E-state index contributed by atoms with van der Waals surface area (Å²) < 4.78 is 0. The second-order valence-corrected chi connectivity index (χ2v) is 8.05. The van der Waals surface area contributed by atoms with E-state index in [2.05, 4.69) is 46.8 Å². The van der Waals surface area contributed by atoms with Gasteiger partial charge in [-0.15, -0.1) is 0 Å². The molecule has 1 aliphatic carbocycles. The predicted molar refractivity (Wildman–Crippen MR) is 89.8 cm³/mol. The van der Waals surface area contributed by atoms with E-state index in [1.807, 2.05) is 12.1 Å². The highest BCUT2D eigenvalue weighted by atomic mass is 16.1. The molecule has 1 aromatic rings. The molecule has 0 atom stereocenters. The van der Waals surface area contributed by atoms with Gasteiger partial charge in [0.25, 0.3) is 0 Å². The van der Waals surface area contributed by atoms with Crippen molar-refractivity contribution in [3.05, 3.63) is 35.4 Å². The van der Waals surface area contributed by atoms with Gasteiger partial charge in [0.1, 0.15) is 0 Å². The number of carbonyl (C=O) groups excluding carboxylic acids is 1. The fraction of sp³-hybridized carbons (Fsp3) is 0.650. The molecule has 1 saturated carbocycles. The van der Waals surface area contributed by atoms with Gasteiger partial charge in [-0.2, -0.15) is 0 Å². The normalized spacial score (nSPS) is 23.3. The van der Waals surface area contributed by atoms with Gasteiger partial charge >= 0.3 is 0 Å². The Kier molecular flexibility index (Phi) is 4.91. The molecule has 116 valence electrons. The number of ketones is 1. The molecule has 0 amide bonds. The number of hydrogen-bond donors (Lipinski definition) is 0. The highest BCUT2D eigenvalue weighted by molar-refractivity contribution is 5.97. The molecule has 0 aliphatic heterocycles. The summed E-state index contributed by atoms with van der Waals surface area (Å²) in [6, 6.07) is 8.29. The average molecular weight is 286 g/mol. The third kappa shape index (κ3) is 3.96. The predicted octanol–water partition coefficient (Wildman–Crippen LogP) is 5.63. The van der Waals surface area contributed by atoms with Crippen molar-refractivity contribution in [2.24, 2.45) is 17.8 Å². The second-order valence-electron chi connectivity index (χ2n) is 8.05. The lowest BCUT2D eigenvalue weighted by Gasteiger charge is -2.30. The largest absolute Gasteiger partial charge is 0.294 e. The van der Waals surface area contributed by atoms with Crippen LogP contribution in [0.4, 0.5) is 0 Å². The van der Waals surface area contributed by atoms with Crippen LogP contribution in [0.2, 0.25) is 0 Å². The Morgan fingerprint density at radius 3 is 1.95 bits per heavy atom. The fourth-order valence-corrected chi connectivity index (χ4v) is 3.42. The maximum Gasteiger partial charge on any atom is 0.165 e. The van der Waals surface area contributed by atoms with Crippen LogP contribution in [0.1, 0.15) is 76.2 Å². The molecule has 1 nitrogen and oxygen atoms in total. The molecule has 0 saturated heterocycles. The van der Waals surface area contributed by atoms with Crippen LogP contribution in [-0.4, -0.2) is 5.78 Å². The van der Waals surface area contributed by atoms with Gasteiger partial charge in [0.15, 0.2) is 5.78 Å². The summed E-state index contributed by atoms with van der Waals surface area (Å²) in [6.45, 7) is 11.2. The van der Waals surface area contributed by atoms with Crippen LogP contribution in [0.25, 0.3) is 0 Å². The third-order valence-electron chi connectivity index (χ3n) is 5.12. The fourth-order valence-electron chi connectivity index (χ4n) is 3.42. The van der Waals surface area contributed by atoms with Gasteiger partial charge in [-0.05, 0) is 48.5 Å². The molecule has 0 unspecified atom stereocenters. The zero-order chi connectivity index (χ0) is 15.6. The van der Waals surface area contributed by atoms with Crippen LogP contribution in [0, 0.1) is 17.8 Å². The van der Waals surface area contributed by atoms with Gasteiger partial charge in [-0.3, -0.25) is 4.79 Å². The smallest absolute Gasteiger partial charge is 0.165 e. The maximum atomic E-state index is 12.6. The summed E-state index contributed by atoms with van der Waals surface area (Å²) in [5.41, 5.74) is 2.34. The van der Waals surface area contributed by atoms with Crippen LogP contribution in [0.15, 0.2) is 24.3 Å². The first kappa shape index (κ1) is 16.3. The van der Waals surface area contributed by atoms with E-state index in [1.165, 1.54) is 18.4 Å². The highest BCUT2D eigenvalue weighted by Gasteiger charge is 2.28. The molecule has 0 bridgehead atoms. The first-order valence-electron chi connectivity index (χ1n) is 8.44. The van der Waals surface area contributed by atoms with Gasteiger partial charge in [-0.25, -0.2) is 0 Å². The average Bonchev–Trinajstić information content (AvgIpc) is 2.46. The van der Waals surface area contributed by atoms with Crippen molar-refractivity contribution < 1.29 is 4.79 Å². The van der Waals surface area contributed by atoms with E-state index < -0.39 is 0 Å². The number of hydrogen-bond acceptors (Lipinski definition) is 1. The van der Waals surface area contributed by atoms with E-state index in [0.717, 1.165) is 30.2 Å². The molecule has 0 spiro atoms. The van der Waals surface area contributed by atoms with Crippen LogP contribution in [-0.2, 0) is 5.41 Å². The summed E-state index contributed by atoms with van der Waals surface area (Å²) in [7, 11) is 0. The molecule has 0 heterocycles. The van der Waals surface area contributed by atoms with Crippen molar-refractivity contribution >= 4 is 5.78 Å². The van der Waals surface area contributed by atoms with Gasteiger partial charge in [0.2, 0.25) is 0 Å². The van der Waals surface area contributed by atoms with Gasteiger partial charge in [0.05, 0.1) is 0 Å². The van der Waals surface area contributed by atoms with E-state index in [-0.39, 0.29) is 11.3 Å². The van der Waals surface area contributed by atoms with E-state index in [1.54, 1.807) is 0 Å². The Hall–Kier alpha value is -1.11. The summed E-state index contributed by atoms with van der Waals surface area (Å²) in [5, 5.41) is 0. The topological polar surface area (TPSA) is 17.1 Å². The number of rotatable bonds is 3. The van der Waals surface area contributed by atoms with Crippen LogP contribution >= 0.6 is 0 Å². The zero-order valence-corrected chi connectivity index (χ0v) is 14.3. The third-order valence-corrected chi connectivity index (χ3v) is 5.12. The monoisotopic (exact) mass is 286 g/mol. The minimum atomic E-state index is 0.150. The molecule has 0 radical (unpaired) electrons. The standard InChI is InChI=1S/C20H30O/c1-14(2)15-6-8-16(9-7-15)19(21)17-10-12-18(13-11-17)20(3,4)5/h10-16H,6-9H2,1-5H3. The number of Topliss-reactive ketones (excluding diaryl/α,β-unsaturated/α-hetero) is 1. The van der Waals surface area contributed by atoms with Crippen molar-refractivity contribution in [1.29, 1.82) is 0 Å². The lowest BCUT2D eigenvalue weighted by Crippen LogP contribution is -2.24. The molecular formula is C20H30O. The SMILES string of the molecule is CC(C)C1CCC(C(=O)c2ccc(C(C)(C)C)cc2)CC1. The van der Waals surface area contributed by atoms with Crippen molar-refractivity contribution in [3.8, 4) is 0 Å². The summed E-state index contributed by atoms with van der Waals surface area (Å²) >= 11 is 0. The molecule has 1 fully saturated rings. The van der Waals surface area contributed by atoms with Gasteiger partial charge in [-0.1, -0.05) is 58.9 Å². The zero-order valence-electron chi connectivity index (χ0n) is 14.3. The lowest BCUT2D eigenvalue weighted by atomic mass is 9.74. The van der Waals surface area contributed by atoms with Gasteiger partial charge < -0.3 is 0 Å². The molecule has 1 heteroatoms. The summed E-state index contributed by atoms with van der Waals surface area (Å²) in [6.07, 6.45) is 4.58. The van der Waals surface area contributed by atoms with Crippen LogP contribution in [0.5, 0.6) is 0 Å². The van der Waals surface area contributed by atoms with E-state index in [0.29, 0.717) is 5.78 Å². The lowest BCUT2D eigenvalue weighted by molar-refractivity contribution is 0.0859. The minimum Gasteiger partial charge on any atom is -0.294 e. The first-order chi connectivity index (χ1) is 9.79. The van der Waals surface area contributed by atoms with Crippen molar-refractivity contribution in [2.45, 2.75) is 65.7 Å². The van der Waals surface area contributed by atoms with Gasteiger partial charge in [0, 0.05) is 11.5 Å². The first-order valence-corrected chi connectivity index (χ1v) is 8.44. The number of benzene rings is 1. The molecule has 1 aromatic carbocycles. The highest BCUT2D eigenvalue weighted by Crippen LogP contribution is 2.35. The maximum absolute atomic E-state index is 12.6. The Morgan fingerprint density at radius 2 is 1.52 bits per heavy atom. The number of carbonyl (C=O) groups is 1. The van der Waals surface area contributed by atoms with E-state index in [4.69, 9.17) is 0 Å². The van der Waals surface area contributed by atoms with Crippen LogP contribution in [0.3, 0.4) is 0 Å². The Morgan fingerprint density at radius 1 is 1.00 bits per heavy atom. The summed E-state index contributed by atoms with van der Waals surface area (Å²) in [5.74, 6) is 2.18. The van der Waals surface area contributed by atoms with Crippen molar-refractivity contribution in [1.82, 2.24) is 0 Å². The molecule has 0 aromatic heterocycles. The second kappa shape index (κ2) is 6.34. The van der Waals surface area contributed by atoms with Crippen molar-refractivity contribution in [3.63, 3.8) is 0 Å². The Balaban J connectivity index is 2.01. The molecule has 21 heavy (non-hydrogen) atoms. The van der Waals surface area contributed by atoms with E-state index in [9.17, 15) is 4.79 Å². The molecule has 1 aliphatic rings. The quantitative estimate of drug-likeness (QED) is 0.658. The van der Waals surface area contributed by atoms with E-state index >= 15 is 0 Å². The van der Waals surface area contributed by atoms with Crippen LogP contribution < -0.4 is 0 Å². The molecule has 0 N–H and O–H groups in total. The summed E-state index contributed by atoms with van der Waals surface area (Å²) in [4.78, 5) is 12.6. The molecule has 2 rings (SSSR count). The molecular weight excluding hydrogens is 256 g/mol. The Bertz CT molecular complexity index is 468. The Labute approximate surface area is 130 Å². The minimum absolute atomic E-state index is 0.150.